The Morgan fingerprint density at radius 2 is 1.72 bits per heavy atom. The number of thiophene rings is 1. The molecule has 2 N–H and O–H groups in total. The lowest BCUT2D eigenvalue weighted by Gasteiger charge is -2.13. The van der Waals surface area contributed by atoms with Gasteiger partial charge in [0.2, 0.25) is 0 Å². The van der Waals surface area contributed by atoms with Crippen LogP contribution in [0.2, 0.25) is 0 Å². The molecule has 9 heteroatoms. The maximum atomic E-state index is 12.7. The predicted octanol–water partition coefficient (Wildman–Crippen LogP) is 6.02. The molecular weight excluding hydrogens is 421 g/mol. The third kappa shape index (κ3) is 5.27. The van der Waals surface area contributed by atoms with Gasteiger partial charge in [0, 0.05) is 10.6 Å². The Kier molecular flexibility index (Phi) is 6.79. The van der Waals surface area contributed by atoms with Gasteiger partial charge in [-0.25, -0.2) is 4.79 Å². The fraction of sp³-hybridized carbons (Fsp3) is 0.400. The van der Waals surface area contributed by atoms with Gasteiger partial charge in [-0.05, 0) is 67.7 Å². The molecular formula is C20H21F3N2O2S2. The van der Waals surface area contributed by atoms with E-state index in [-0.39, 0.29) is 5.11 Å². The minimum atomic E-state index is -4.39. The first kappa shape index (κ1) is 21.6. The largest absolute Gasteiger partial charge is 0.465 e. The van der Waals surface area contributed by atoms with Gasteiger partial charge in [0.05, 0.1) is 18.2 Å². The van der Waals surface area contributed by atoms with E-state index < -0.39 is 17.7 Å². The van der Waals surface area contributed by atoms with E-state index in [9.17, 15) is 18.0 Å². The van der Waals surface area contributed by atoms with Crippen molar-refractivity contribution in [3.8, 4) is 0 Å². The summed E-state index contributed by atoms with van der Waals surface area (Å²) in [6.07, 6.45) is 1.72. The molecule has 29 heavy (non-hydrogen) atoms. The highest BCUT2D eigenvalue weighted by Gasteiger charge is 2.30. The lowest BCUT2D eigenvalue weighted by molar-refractivity contribution is -0.137. The van der Waals surface area contributed by atoms with E-state index in [0.29, 0.717) is 16.3 Å². The van der Waals surface area contributed by atoms with E-state index in [1.165, 1.54) is 37.0 Å². The summed E-state index contributed by atoms with van der Waals surface area (Å²) in [5.41, 5.74) is 1.21. The number of hydrogen-bond acceptors (Lipinski definition) is 4. The molecule has 156 valence electrons. The Balaban J connectivity index is 1.79. The topological polar surface area (TPSA) is 50.4 Å². The fourth-order valence-corrected chi connectivity index (χ4v) is 4.90. The first-order valence-corrected chi connectivity index (χ1v) is 10.5. The molecule has 0 amide bonds. The van der Waals surface area contributed by atoms with Crippen molar-refractivity contribution < 1.29 is 22.7 Å². The van der Waals surface area contributed by atoms with Gasteiger partial charge in [-0.15, -0.1) is 11.3 Å². The van der Waals surface area contributed by atoms with Gasteiger partial charge in [-0.3, -0.25) is 0 Å². The maximum absolute atomic E-state index is 12.7. The number of nitrogens with one attached hydrogen (secondary N) is 2. The third-order valence-electron chi connectivity index (χ3n) is 4.76. The number of halogens is 3. The molecule has 2 aromatic rings. The lowest BCUT2D eigenvalue weighted by atomic mass is 9.96. The molecule has 0 fully saturated rings. The number of rotatable bonds is 3. The molecule has 0 unspecified atom stereocenters. The number of carbonyl (C=O) groups is 1. The summed E-state index contributed by atoms with van der Waals surface area (Å²) in [7, 11) is 1.35. The van der Waals surface area contributed by atoms with E-state index in [2.05, 4.69) is 10.6 Å². The lowest BCUT2D eigenvalue weighted by Crippen LogP contribution is -2.20. The van der Waals surface area contributed by atoms with Crippen LogP contribution in [0.4, 0.5) is 23.9 Å². The highest BCUT2D eigenvalue weighted by atomic mass is 32.1. The van der Waals surface area contributed by atoms with Crippen LogP contribution in [0.3, 0.4) is 0 Å². The smallest absolute Gasteiger partial charge is 0.416 e. The van der Waals surface area contributed by atoms with E-state index in [1.807, 2.05) is 0 Å². The van der Waals surface area contributed by atoms with Crippen molar-refractivity contribution in [3.63, 3.8) is 0 Å². The number of ether oxygens (including phenoxy) is 1. The zero-order valence-electron chi connectivity index (χ0n) is 15.8. The zero-order valence-corrected chi connectivity index (χ0v) is 17.5. The summed E-state index contributed by atoms with van der Waals surface area (Å²) in [6, 6.07) is 4.60. The van der Waals surface area contributed by atoms with Gasteiger partial charge in [0.25, 0.3) is 0 Å². The number of fused-ring (bicyclic) bond motifs is 1. The average molecular weight is 443 g/mol. The molecule has 0 spiro atoms. The van der Waals surface area contributed by atoms with E-state index >= 15 is 0 Å². The van der Waals surface area contributed by atoms with Crippen LogP contribution in [-0.2, 0) is 23.8 Å². The standard InChI is InChI=1S/C20H21F3N2O2S2/c1-27-18(26)16-14-6-4-2-3-5-7-15(14)29-17(16)25-19(28)24-13-10-8-12(9-11-13)20(21,22)23/h8-11H,2-7H2,1H3,(H2,24,25,28). The number of carbonyl (C=O) groups excluding carboxylic acids is 1. The van der Waals surface area contributed by atoms with Crippen LogP contribution in [0.5, 0.6) is 0 Å². The van der Waals surface area contributed by atoms with Gasteiger partial charge in [0.15, 0.2) is 5.11 Å². The number of alkyl halides is 3. The molecule has 4 nitrogen and oxygen atoms in total. The van der Waals surface area contributed by atoms with Gasteiger partial charge < -0.3 is 15.4 Å². The summed E-state index contributed by atoms with van der Waals surface area (Å²) >= 11 is 6.80. The summed E-state index contributed by atoms with van der Waals surface area (Å²) in [4.78, 5) is 13.6. The number of methoxy groups -OCH3 is 1. The number of anilines is 2. The summed E-state index contributed by atoms with van der Waals surface area (Å²) < 4.78 is 43.1. The molecule has 1 aromatic carbocycles. The van der Waals surface area contributed by atoms with Crippen LogP contribution >= 0.6 is 23.6 Å². The van der Waals surface area contributed by atoms with Crippen molar-refractivity contribution in [2.45, 2.75) is 44.7 Å². The monoisotopic (exact) mass is 442 g/mol. The van der Waals surface area contributed by atoms with Crippen molar-refractivity contribution in [2.24, 2.45) is 0 Å². The van der Waals surface area contributed by atoms with Crippen LogP contribution in [0.15, 0.2) is 24.3 Å². The van der Waals surface area contributed by atoms with Gasteiger partial charge >= 0.3 is 12.1 Å². The van der Waals surface area contributed by atoms with Crippen LogP contribution in [0, 0.1) is 0 Å². The van der Waals surface area contributed by atoms with Crippen molar-refractivity contribution >= 4 is 45.3 Å². The maximum Gasteiger partial charge on any atom is 0.416 e. The Bertz CT molecular complexity index is 892. The second-order valence-corrected chi connectivity index (χ2v) is 8.28. The van der Waals surface area contributed by atoms with Crippen molar-refractivity contribution in [2.75, 3.05) is 17.7 Å². The second kappa shape index (κ2) is 9.13. The summed E-state index contributed by atoms with van der Waals surface area (Å²) in [6.45, 7) is 0. The third-order valence-corrected chi connectivity index (χ3v) is 6.17. The van der Waals surface area contributed by atoms with Crippen LogP contribution in [0.1, 0.15) is 52.0 Å². The van der Waals surface area contributed by atoms with Crippen molar-refractivity contribution in [1.82, 2.24) is 0 Å². The number of thiocarbonyl (C=S) groups is 1. The number of benzene rings is 1. The van der Waals surface area contributed by atoms with E-state index in [0.717, 1.165) is 54.7 Å². The average Bonchev–Trinajstić information content (AvgIpc) is 2.96. The Morgan fingerprint density at radius 1 is 1.07 bits per heavy atom. The highest BCUT2D eigenvalue weighted by molar-refractivity contribution is 7.80. The molecule has 0 saturated carbocycles. The first-order valence-electron chi connectivity index (χ1n) is 9.27. The van der Waals surface area contributed by atoms with Gasteiger partial charge in [-0.1, -0.05) is 12.8 Å². The molecule has 0 atom stereocenters. The van der Waals surface area contributed by atoms with Crippen LogP contribution < -0.4 is 10.6 Å². The molecule has 3 rings (SSSR count). The molecule has 0 aliphatic heterocycles. The summed E-state index contributed by atoms with van der Waals surface area (Å²) in [5.74, 6) is -0.414. The first-order chi connectivity index (χ1) is 13.8. The van der Waals surface area contributed by atoms with Gasteiger partial charge in [0.1, 0.15) is 5.00 Å². The van der Waals surface area contributed by atoms with Crippen molar-refractivity contribution in [1.29, 1.82) is 0 Å². The van der Waals surface area contributed by atoms with Crippen LogP contribution in [-0.4, -0.2) is 18.2 Å². The number of hydrogen-bond donors (Lipinski definition) is 2. The number of esters is 1. The number of aryl methyl sites for hydroxylation is 1. The van der Waals surface area contributed by atoms with Crippen LogP contribution in [0.25, 0.3) is 0 Å². The minimum absolute atomic E-state index is 0.198. The fourth-order valence-electron chi connectivity index (χ4n) is 3.33. The normalized spacial score (nSPS) is 14.3. The van der Waals surface area contributed by atoms with Gasteiger partial charge in [-0.2, -0.15) is 13.2 Å². The van der Waals surface area contributed by atoms with E-state index in [1.54, 1.807) is 0 Å². The molecule has 0 bridgehead atoms. The molecule has 1 heterocycles. The second-order valence-electron chi connectivity index (χ2n) is 6.77. The summed E-state index contributed by atoms with van der Waals surface area (Å²) in [5, 5.41) is 6.70. The Labute approximate surface area is 176 Å². The zero-order chi connectivity index (χ0) is 21.0. The quantitative estimate of drug-likeness (QED) is 0.450. The molecule has 1 aliphatic rings. The molecule has 0 radical (unpaired) electrons. The molecule has 1 aliphatic carbocycles. The highest BCUT2D eigenvalue weighted by Crippen LogP contribution is 2.37. The van der Waals surface area contributed by atoms with Crippen molar-refractivity contribution in [3.05, 3.63) is 45.8 Å². The predicted molar refractivity (Wildman–Crippen MR) is 113 cm³/mol. The minimum Gasteiger partial charge on any atom is -0.465 e. The molecule has 0 saturated heterocycles. The Morgan fingerprint density at radius 3 is 2.34 bits per heavy atom. The van der Waals surface area contributed by atoms with E-state index in [4.69, 9.17) is 17.0 Å². The SMILES string of the molecule is COC(=O)c1c(NC(=S)Nc2ccc(C(F)(F)F)cc2)sc2c1CCCCCC2. The Hall–Kier alpha value is -2.13. The molecule has 1 aromatic heterocycles.